The van der Waals surface area contributed by atoms with Crippen LogP contribution in [0.1, 0.15) is 55.5 Å². The first-order chi connectivity index (χ1) is 8.97. The molecule has 1 nitrogen and oxygen atoms in total. The number of aryl methyl sites for hydroxylation is 1. The maximum absolute atomic E-state index is 13.4. The van der Waals surface area contributed by atoms with Crippen LogP contribution in [0.2, 0.25) is 0 Å². The fraction of sp³-hybridized carbons (Fsp3) is 0.588. The molecule has 19 heavy (non-hydrogen) atoms. The van der Waals surface area contributed by atoms with Crippen LogP contribution < -0.4 is 0 Å². The zero-order valence-corrected chi connectivity index (χ0v) is 12.1. The molecule has 0 N–H and O–H groups in total. The van der Waals surface area contributed by atoms with E-state index in [1.807, 2.05) is 6.92 Å². The molecule has 0 bridgehead atoms. The number of hydrogen-bond acceptors (Lipinski definition) is 1. The van der Waals surface area contributed by atoms with Crippen molar-refractivity contribution in [1.29, 1.82) is 0 Å². The first-order valence-electron chi connectivity index (χ1n) is 7.28. The molecule has 104 valence electrons. The first kappa shape index (κ1) is 14.2. The molecule has 0 amide bonds. The first-order valence-corrected chi connectivity index (χ1v) is 7.28. The number of ketones is 1. The van der Waals surface area contributed by atoms with Crippen molar-refractivity contribution in [3.8, 4) is 0 Å². The summed E-state index contributed by atoms with van der Waals surface area (Å²) in [6, 6.07) is 4.65. The summed E-state index contributed by atoms with van der Waals surface area (Å²) in [6.07, 6.45) is 4.17. The summed E-state index contributed by atoms with van der Waals surface area (Å²) >= 11 is 0. The predicted molar refractivity (Wildman–Crippen MR) is 75.8 cm³/mol. The average Bonchev–Trinajstić information content (AvgIpc) is 2.37. The van der Waals surface area contributed by atoms with Crippen LogP contribution in [-0.2, 0) is 0 Å². The summed E-state index contributed by atoms with van der Waals surface area (Å²) in [5, 5.41) is 0. The Bertz CT molecular complexity index is 436. The van der Waals surface area contributed by atoms with E-state index in [1.165, 1.54) is 12.1 Å². The van der Waals surface area contributed by atoms with Gasteiger partial charge in [-0.3, -0.25) is 4.79 Å². The second-order valence-corrected chi connectivity index (χ2v) is 6.24. The van der Waals surface area contributed by atoms with Gasteiger partial charge in [-0.2, -0.15) is 0 Å². The molecule has 0 heterocycles. The van der Waals surface area contributed by atoms with Gasteiger partial charge in [0.25, 0.3) is 0 Å². The largest absolute Gasteiger partial charge is 0.294 e. The number of hydrogen-bond donors (Lipinski definition) is 0. The molecule has 0 radical (unpaired) electrons. The van der Waals surface area contributed by atoms with Crippen molar-refractivity contribution < 1.29 is 9.18 Å². The van der Waals surface area contributed by atoms with Gasteiger partial charge in [0.1, 0.15) is 5.82 Å². The van der Waals surface area contributed by atoms with Crippen molar-refractivity contribution in [2.75, 3.05) is 0 Å². The lowest BCUT2D eigenvalue weighted by molar-refractivity contribution is 0.0858. The molecule has 0 unspecified atom stereocenters. The molecular weight excluding hydrogens is 239 g/mol. The van der Waals surface area contributed by atoms with E-state index < -0.39 is 0 Å². The lowest BCUT2D eigenvalue weighted by Gasteiger charge is -2.30. The zero-order chi connectivity index (χ0) is 14.0. The minimum atomic E-state index is -0.306. The normalized spacial score (nSPS) is 23.6. The lowest BCUT2D eigenvalue weighted by atomic mass is 9.75. The summed E-state index contributed by atoms with van der Waals surface area (Å²) < 4.78 is 13.4. The van der Waals surface area contributed by atoms with Crippen molar-refractivity contribution in [2.24, 2.45) is 17.8 Å². The number of Topliss-reactive ketones (excluding diaryl/α,β-unsaturated/α-hetero) is 1. The van der Waals surface area contributed by atoms with Gasteiger partial charge >= 0.3 is 0 Å². The van der Waals surface area contributed by atoms with Gasteiger partial charge in [0, 0.05) is 11.5 Å². The fourth-order valence-electron chi connectivity index (χ4n) is 3.16. The number of benzene rings is 1. The van der Waals surface area contributed by atoms with Gasteiger partial charge < -0.3 is 0 Å². The van der Waals surface area contributed by atoms with E-state index in [2.05, 4.69) is 13.8 Å². The van der Waals surface area contributed by atoms with E-state index in [-0.39, 0.29) is 17.5 Å². The highest BCUT2D eigenvalue weighted by Crippen LogP contribution is 2.34. The van der Waals surface area contributed by atoms with Crippen LogP contribution in [0.5, 0.6) is 0 Å². The van der Waals surface area contributed by atoms with E-state index in [0.717, 1.165) is 37.2 Å². The Kier molecular flexibility index (Phi) is 4.38. The summed E-state index contributed by atoms with van der Waals surface area (Å²) in [6.45, 7) is 6.33. The highest BCUT2D eigenvalue weighted by atomic mass is 19.1. The molecule has 2 heteroatoms. The maximum atomic E-state index is 13.4. The van der Waals surface area contributed by atoms with Crippen molar-refractivity contribution in [3.05, 3.63) is 35.1 Å². The topological polar surface area (TPSA) is 17.1 Å². The third-order valence-corrected chi connectivity index (χ3v) is 4.41. The van der Waals surface area contributed by atoms with E-state index in [4.69, 9.17) is 0 Å². The number of carbonyl (C=O) groups is 1. The van der Waals surface area contributed by atoms with Crippen LogP contribution in [0.3, 0.4) is 0 Å². The Morgan fingerprint density at radius 3 is 2.32 bits per heavy atom. The zero-order valence-electron chi connectivity index (χ0n) is 12.1. The summed E-state index contributed by atoms with van der Waals surface area (Å²) in [4.78, 5) is 12.4. The third-order valence-electron chi connectivity index (χ3n) is 4.41. The molecule has 1 aromatic rings. The Morgan fingerprint density at radius 2 is 1.79 bits per heavy atom. The molecule has 1 saturated carbocycles. The van der Waals surface area contributed by atoms with E-state index in [1.54, 1.807) is 6.07 Å². The second-order valence-electron chi connectivity index (χ2n) is 6.24. The molecule has 0 aliphatic heterocycles. The number of halogens is 1. The molecule has 1 aromatic carbocycles. The van der Waals surface area contributed by atoms with Crippen LogP contribution in [0.15, 0.2) is 18.2 Å². The highest BCUT2D eigenvalue weighted by molar-refractivity contribution is 5.98. The molecular formula is C17H23FO. The van der Waals surface area contributed by atoms with Gasteiger partial charge in [-0.15, -0.1) is 0 Å². The van der Waals surface area contributed by atoms with Crippen LogP contribution in [-0.4, -0.2) is 5.78 Å². The molecule has 1 fully saturated rings. The molecule has 0 aromatic heterocycles. The van der Waals surface area contributed by atoms with Gasteiger partial charge in [0.15, 0.2) is 5.78 Å². The summed E-state index contributed by atoms with van der Waals surface area (Å²) in [5.74, 6) is 1.37. The Balaban J connectivity index is 2.05. The standard InChI is InChI=1S/C17H23FO/c1-11(2)13-4-6-14(7-5-13)17(19)15-8-12(3)9-16(18)10-15/h8-11,13-14H,4-7H2,1-3H3. The van der Waals surface area contributed by atoms with Gasteiger partial charge in [0.2, 0.25) is 0 Å². The van der Waals surface area contributed by atoms with Crippen LogP contribution in [0, 0.1) is 30.5 Å². The highest BCUT2D eigenvalue weighted by Gasteiger charge is 2.28. The van der Waals surface area contributed by atoms with Gasteiger partial charge in [0.05, 0.1) is 0 Å². The summed E-state index contributed by atoms with van der Waals surface area (Å²) in [7, 11) is 0. The van der Waals surface area contributed by atoms with Gasteiger partial charge in [-0.25, -0.2) is 4.39 Å². The van der Waals surface area contributed by atoms with Gasteiger partial charge in [-0.1, -0.05) is 13.8 Å². The molecule has 0 saturated heterocycles. The van der Waals surface area contributed by atoms with Crippen molar-refractivity contribution in [3.63, 3.8) is 0 Å². The number of carbonyl (C=O) groups excluding carboxylic acids is 1. The van der Waals surface area contributed by atoms with Crippen molar-refractivity contribution in [2.45, 2.75) is 46.5 Å². The van der Waals surface area contributed by atoms with Crippen LogP contribution in [0.4, 0.5) is 4.39 Å². The second kappa shape index (κ2) is 5.85. The molecule has 2 rings (SSSR count). The van der Waals surface area contributed by atoms with Crippen LogP contribution >= 0.6 is 0 Å². The maximum Gasteiger partial charge on any atom is 0.166 e. The average molecular weight is 262 g/mol. The monoisotopic (exact) mass is 262 g/mol. The van der Waals surface area contributed by atoms with Gasteiger partial charge in [-0.05, 0) is 68.2 Å². The quantitative estimate of drug-likeness (QED) is 0.716. The molecule has 0 atom stereocenters. The SMILES string of the molecule is Cc1cc(F)cc(C(=O)C2CCC(C(C)C)CC2)c1. The van der Waals surface area contributed by atoms with Crippen molar-refractivity contribution >= 4 is 5.78 Å². The summed E-state index contributed by atoms with van der Waals surface area (Å²) in [5.41, 5.74) is 1.37. The Hall–Kier alpha value is -1.18. The minimum Gasteiger partial charge on any atom is -0.294 e. The number of rotatable bonds is 3. The lowest BCUT2D eigenvalue weighted by Crippen LogP contribution is -2.24. The van der Waals surface area contributed by atoms with E-state index >= 15 is 0 Å². The predicted octanol–water partition coefficient (Wildman–Crippen LogP) is 4.78. The molecule has 1 aliphatic carbocycles. The molecule has 0 spiro atoms. The van der Waals surface area contributed by atoms with E-state index in [0.29, 0.717) is 11.5 Å². The van der Waals surface area contributed by atoms with Crippen molar-refractivity contribution in [1.82, 2.24) is 0 Å². The van der Waals surface area contributed by atoms with E-state index in [9.17, 15) is 9.18 Å². The third kappa shape index (κ3) is 3.43. The minimum absolute atomic E-state index is 0.0937. The Labute approximate surface area is 115 Å². The molecule has 1 aliphatic rings. The Morgan fingerprint density at radius 1 is 1.16 bits per heavy atom. The smallest absolute Gasteiger partial charge is 0.166 e. The van der Waals surface area contributed by atoms with Crippen LogP contribution in [0.25, 0.3) is 0 Å². The fourth-order valence-corrected chi connectivity index (χ4v) is 3.16.